The monoisotopic (exact) mass is 291 g/mol. The van der Waals surface area contributed by atoms with Crippen molar-refractivity contribution < 1.29 is 14.0 Å². The highest BCUT2D eigenvalue weighted by Crippen LogP contribution is 2.37. The van der Waals surface area contributed by atoms with Crippen LogP contribution in [0.25, 0.3) is 0 Å². The summed E-state index contributed by atoms with van der Waals surface area (Å²) in [6.07, 6.45) is 1.45. The Kier molecular flexibility index (Phi) is 2.87. The molecule has 0 fully saturated rings. The molecule has 0 aliphatic carbocycles. The Hall–Kier alpha value is -2.47. The molecule has 0 saturated carbocycles. The normalized spacial score (nSPS) is 13.1. The van der Waals surface area contributed by atoms with E-state index in [-0.39, 0.29) is 22.8 Å². The van der Waals surface area contributed by atoms with Gasteiger partial charge in [0.1, 0.15) is 5.82 Å². The predicted octanol–water partition coefficient (Wildman–Crippen LogP) is 3.28. The van der Waals surface area contributed by atoms with Crippen molar-refractivity contribution in [3.8, 4) is 0 Å². The molecule has 1 aliphatic rings. The van der Waals surface area contributed by atoms with Crippen LogP contribution in [-0.4, -0.2) is 16.3 Å². The predicted molar refractivity (Wildman–Crippen MR) is 72.0 cm³/mol. The van der Waals surface area contributed by atoms with Gasteiger partial charge in [-0.1, -0.05) is 6.07 Å². The summed E-state index contributed by atoms with van der Waals surface area (Å²) in [4.78, 5) is 28.8. The first-order valence-electron chi connectivity index (χ1n) is 5.64. The lowest BCUT2D eigenvalue weighted by molar-refractivity contribution is 0.102. The summed E-state index contributed by atoms with van der Waals surface area (Å²) in [5, 5.41) is 1.63. The number of anilines is 3. The fourth-order valence-corrected chi connectivity index (χ4v) is 2.24. The number of nitrogens with one attached hydrogen (secondary N) is 1. The quantitative estimate of drug-likeness (QED) is 0.598. The molecule has 0 atom stereocenters. The molecule has 0 radical (unpaired) electrons. The minimum Gasteiger partial charge on any atom is -0.319 e. The second-order valence-electron chi connectivity index (χ2n) is 4.05. The van der Waals surface area contributed by atoms with Crippen molar-refractivity contribution in [3.63, 3.8) is 0 Å². The number of carbonyl (C=O) groups excluding carboxylic acids is 2. The maximum absolute atomic E-state index is 13.9. The molecule has 1 aromatic heterocycles. The van der Waals surface area contributed by atoms with Crippen LogP contribution in [0.1, 0.15) is 10.4 Å². The lowest BCUT2D eigenvalue weighted by Gasteiger charge is -2.19. The smallest absolute Gasteiger partial charge is 0.319 e. The van der Waals surface area contributed by atoms with Gasteiger partial charge in [-0.05, 0) is 35.9 Å². The van der Waals surface area contributed by atoms with Gasteiger partial charge in [0.2, 0.25) is 0 Å². The van der Waals surface area contributed by atoms with E-state index >= 15 is 0 Å². The lowest BCUT2D eigenvalue weighted by Crippen LogP contribution is -2.22. The van der Waals surface area contributed by atoms with Crippen molar-refractivity contribution in [2.24, 2.45) is 0 Å². The van der Waals surface area contributed by atoms with Crippen LogP contribution in [0.15, 0.2) is 36.5 Å². The van der Waals surface area contributed by atoms with E-state index in [1.165, 1.54) is 18.3 Å². The van der Waals surface area contributed by atoms with Crippen LogP contribution in [0.4, 0.5) is 26.4 Å². The number of hydrogen-bond acceptors (Lipinski definition) is 3. The zero-order chi connectivity index (χ0) is 14.3. The minimum absolute atomic E-state index is 0.0555. The summed E-state index contributed by atoms with van der Waals surface area (Å²) >= 11 is 5.57. The van der Waals surface area contributed by atoms with E-state index in [0.29, 0.717) is 0 Å². The summed E-state index contributed by atoms with van der Waals surface area (Å²) in [7, 11) is 0. The Bertz CT molecular complexity index is 735. The van der Waals surface area contributed by atoms with Crippen molar-refractivity contribution in [3.05, 3.63) is 47.9 Å². The molecule has 0 bridgehead atoms. The van der Waals surface area contributed by atoms with E-state index in [2.05, 4.69) is 10.3 Å². The van der Waals surface area contributed by atoms with Crippen LogP contribution < -0.4 is 10.2 Å². The third-order valence-electron chi connectivity index (χ3n) is 2.88. The molecule has 0 unspecified atom stereocenters. The summed E-state index contributed by atoms with van der Waals surface area (Å²) in [5.74, 6) is -1.26. The largest absolute Gasteiger partial charge is 0.326 e. The number of nitrogens with zero attached hydrogens (tertiary/aromatic N) is 2. The number of halogens is 2. The highest BCUT2D eigenvalue weighted by atomic mass is 35.5. The average molecular weight is 292 g/mol. The number of hydrogen-bond donors (Lipinski definition) is 1. The molecule has 2 amide bonds. The molecular formula is C13H7ClFN3O2. The van der Waals surface area contributed by atoms with Gasteiger partial charge in [0.05, 0.1) is 16.9 Å². The van der Waals surface area contributed by atoms with Gasteiger partial charge in [-0.2, -0.15) is 0 Å². The lowest BCUT2D eigenvalue weighted by atomic mass is 10.1. The first-order chi connectivity index (χ1) is 9.59. The van der Waals surface area contributed by atoms with E-state index in [0.717, 1.165) is 11.0 Å². The van der Waals surface area contributed by atoms with Crippen molar-refractivity contribution in [2.45, 2.75) is 0 Å². The first-order valence-corrected chi connectivity index (χ1v) is 6.02. The average Bonchev–Trinajstić information content (AvgIpc) is 2.53. The van der Waals surface area contributed by atoms with E-state index in [1.54, 1.807) is 12.1 Å². The number of benzene rings is 1. The van der Waals surface area contributed by atoms with Crippen molar-refractivity contribution in [1.82, 2.24) is 4.98 Å². The first kappa shape index (κ1) is 12.6. The van der Waals surface area contributed by atoms with Gasteiger partial charge in [-0.15, -0.1) is 0 Å². The van der Waals surface area contributed by atoms with Gasteiger partial charge in [0, 0.05) is 6.20 Å². The van der Waals surface area contributed by atoms with E-state index < -0.39 is 17.1 Å². The number of amides is 2. The summed E-state index contributed by atoms with van der Waals surface area (Å²) in [5.41, 5.74) is 0.0848. The van der Waals surface area contributed by atoms with E-state index in [4.69, 9.17) is 11.6 Å². The molecule has 0 saturated heterocycles. The molecule has 1 N–H and O–H groups in total. The minimum atomic E-state index is -0.881. The molecular weight excluding hydrogens is 285 g/mol. The maximum Gasteiger partial charge on any atom is 0.326 e. The maximum atomic E-state index is 13.9. The standard InChI is InChI=1S/C13H7ClFN3O2/c14-13(20)18-9-5-1-3-7(15)10(9)12(19)17-8-4-2-6-16-11(8)18/h1-6H,(H,17,19). The van der Waals surface area contributed by atoms with Crippen LogP contribution in [0, 0.1) is 5.82 Å². The van der Waals surface area contributed by atoms with Gasteiger partial charge in [-0.3, -0.25) is 9.59 Å². The second-order valence-corrected chi connectivity index (χ2v) is 4.37. The fourth-order valence-electron chi connectivity index (χ4n) is 2.07. The summed E-state index contributed by atoms with van der Waals surface area (Å²) < 4.78 is 13.9. The Morgan fingerprint density at radius 2 is 2.10 bits per heavy atom. The third kappa shape index (κ3) is 1.81. The van der Waals surface area contributed by atoms with Crippen LogP contribution in [-0.2, 0) is 0 Å². The van der Waals surface area contributed by atoms with Crippen LogP contribution in [0.5, 0.6) is 0 Å². The Morgan fingerprint density at radius 3 is 2.85 bits per heavy atom. The molecule has 20 heavy (non-hydrogen) atoms. The van der Waals surface area contributed by atoms with Gasteiger partial charge < -0.3 is 5.32 Å². The molecule has 2 heterocycles. The molecule has 100 valence electrons. The second kappa shape index (κ2) is 4.57. The number of aromatic nitrogens is 1. The molecule has 7 heteroatoms. The molecule has 3 rings (SSSR count). The molecule has 5 nitrogen and oxygen atoms in total. The van der Waals surface area contributed by atoms with E-state index in [1.807, 2.05) is 0 Å². The van der Waals surface area contributed by atoms with Gasteiger partial charge in [0.15, 0.2) is 5.82 Å². The topological polar surface area (TPSA) is 62.3 Å². The van der Waals surface area contributed by atoms with Crippen molar-refractivity contribution in [1.29, 1.82) is 0 Å². The third-order valence-corrected chi connectivity index (χ3v) is 3.05. The SMILES string of the molecule is O=C1Nc2cccnc2N(C(=O)Cl)c2cccc(F)c21. The number of rotatable bonds is 0. The van der Waals surface area contributed by atoms with Crippen LogP contribution in [0.2, 0.25) is 0 Å². The van der Waals surface area contributed by atoms with Crippen LogP contribution >= 0.6 is 11.6 Å². The number of pyridine rings is 1. The molecule has 2 aromatic rings. The van der Waals surface area contributed by atoms with E-state index in [9.17, 15) is 14.0 Å². The zero-order valence-electron chi connectivity index (χ0n) is 9.93. The summed E-state index contributed by atoms with van der Waals surface area (Å²) in [6.45, 7) is 0. The molecule has 1 aliphatic heterocycles. The number of carbonyl (C=O) groups is 2. The Balaban J connectivity index is 2.35. The van der Waals surface area contributed by atoms with Crippen LogP contribution in [0.3, 0.4) is 0 Å². The molecule has 0 spiro atoms. The van der Waals surface area contributed by atoms with Gasteiger partial charge >= 0.3 is 5.37 Å². The Morgan fingerprint density at radius 1 is 1.30 bits per heavy atom. The van der Waals surface area contributed by atoms with Crippen molar-refractivity contribution in [2.75, 3.05) is 10.2 Å². The highest BCUT2D eigenvalue weighted by molar-refractivity contribution is 6.67. The van der Waals surface area contributed by atoms with Gasteiger partial charge in [0.25, 0.3) is 5.91 Å². The molecule has 1 aromatic carbocycles. The fraction of sp³-hybridized carbons (Fsp3) is 0. The summed E-state index contributed by atoms with van der Waals surface area (Å²) in [6, 6.07) is 7.10. The Labute approximate surface area is 118 Å². The zero-order valence-corrected chi connectivity index (χ0v) is 10.7. The van der Waals surface area contributed by atoms with Crippen molar-refractivity contribution >= 4 is 40.1 Å². The van der Waals surface area contributed by atoms with Gasteiger partial charge in [-0.25, -0.2) is 14.3 Å². The number of fused-ring (bicyclic) bond motifs is 2. The highest BCUT2D eigenvalue weighted by Gasteiger charge is 2.31.